The molecule has 0 aliphatic carbocycles. The van der Waals surface area contributed by atoms with Gasteiger partial charge in [0.2, 0.25) is 0 Å². The van der Waals surface area contributed by atoms with E-state index in [1.165, 1.54) is 12.7 Å². The summed E-state index contributed by atoms with van der Waals surface area (Å²) in [5.74, 6) is -0.256. The third kappa shape index (κ3) is 3.05. The molecule has 1 atom stereocenters. The highest BCUT2D eigenvalue weighted by molar-refractivity contribution is 7.85. The zero-order valence-electron chi connectivity index (χ0n) is 11.1. The van der Waals surface area contributed by atoms with Crippen LogP contribution in [-0.4, -0.2) is 38.2 Å². The highest BCUT2D eigenvalue weighted by atomic mass is 32.2. The normalized spacial score (nSPS) is 14.0. The zero-order chi connectivity index (χ0) is 14.9. The predicted octanol–water partition coefficient (Wildman–Crippen LogP) is 0.595. The van der Waals surface area contributed by atoms with Crippen LogP contribution >= 0.6 is 0 Å². The fraction of sp³-hybridized carbons (Fsp3) is 0.545. The van der Waals surface area contributed by atoms with E-state index in [1.807, 2.05) is 13.8 Å². The fourth-order valence-electron chi connectivity index (χ4n) is 2.17. The molecule has 2 rings (SSSR count). The number of nitrogens with zero attached hydrogens (tertiary/aromatic N) is 3. The molecule has 1 unspecified atom stereocenters. The minimum Gasteiger partial charge on any atom is -0.312 e. The lowest BCUT2D eigenvalue weighted by Crippen LogP contribution is -2.19. The molecule has 8 nitrogen and oxygen atoms in total. The van der Waals surface area contributed by atoms with E-state index in [1.54, 1.807) is 4.57 Å². The molecule has 0 aromatic carbocycles. The number of H-pyrrole nitrogens is 1. The minimum atomic E-state index is -4.03. The summed E-state index contributed by atoms with van der Waals surface area (Å²) in [5.41, 5.74) is 0.277. The maximum absolute atomic E-state index is 11.6. The number of aromatic nitrogens is 4. The molecular formula is C11H16N4O4S. The number of rotatable bonds is 5. The molecule has 2 heterocycles. The number of hydrogen-bond acceptors (Lipinski definition) is 5. The Hall–Kier alpha value is -1.74. The zero-order valence-corrected chi connectivity index (χ0v) is 12.0. The van der Waals surface area contributed by atoms with Crippen molar-refractivity contribution >= 4 is 21.3 Å². The van der Waals surface area contributed by atoms with Crippen LogP contribution in [0.3, 0.4) is 0 Å². The van der Waals surface area contributed by atoms with Crippen LogP contribution in [0, 0.1) is 5.92 Å². The van der Waals surface area contributed by atoms with Crippen LogP contribution < -0.4 is 5.56 Å². The lowest BCUT2D eigenvalue weighted by atomic mass is 10.0. The van der Waals surface area contributed by atoms with Crippen LogP contribution in [0.1, 0.15) is 26.3 Å². The van der Waals surface area contributed by atoms with E-state index >= 15 is 0 Å². The number of hydrogen-bond donors (Lipinski definition) is 2. The van der Waals surface area contributed by atoms with Gasteiger partial charge in [0.1, 0.15) is 0 Å². The van der Waals surface area contributed by atoms with Gasteiger partial charge in [-0.3, -0.25) is 9.35 Å². The molecule has 2 aromatic rings. The van der Waals surface area contributed by atoms with Crippen molar-refractivity contribution in [2.24, 2.45) is 5.92 Å². The van der Waals surface area contributed by atoms with Gasteiger partial charge in [0.05, 0.1) is 18.4 Å². The van der Waals surface area contributed by atoms with Crippen molar-refractivity contribution in [3.8, 4) is 0 Å². The molecule has 110 valence electrons. The lowest BCUT2D eigenvalue weighted by molar-refractivity contribution is 0.367. The highest BCUT2D eigenvalue weighted by Crippen LogP contribution is 2.24. The average Bonchev–Trinajstić information content (AvgIpc) is 2.73. The molecule has 0 saturated heterocycles. The van der Waals surface area contributed by atoms with Gasteiger partial charge in [0, 0.05) is 6.04 Å². The van der Waals surface area contributed by atoms with Crippen LogP contribution in [0.2, 0.25) is 0 Å². The Morgan fingerprint density at radius 2 is 2.10 bits per heavy atom. The standard InChI is InChI=1S/C11H16N4O4S/c1-7(2)8(3-4-20(17,18)19)15-6-14-9-10(15)12-5-13-11(9)16/h5-8H,3-4H2,1-2H3,(H,12,13,16)(H,17,18,19). The second kappa shape index (κ2) is 5.33. The Labute approximate surface area is 115 Å². The van der Waals surface area contributed by atoms with Gasteiger partial charge in [-0.1, -0.05) is 13.8 Å². The smallest absolute Gasteiger partial charge is 0.278 e. The number of aromatic amines is 1. The quantitative estimate of drug-likeness (QED) is 0.780. The molecule has 9 heteroatoms. The van der Waals surface area contributed by atoms with Crippen molar-refractivity contribution < 1.29 is 13.0 Å². The first-order valence-electron chi connectivity index (χ1n) is 6.15. The largest absolute Gasteiger partial charge is 0.312 e. The maximum atomic E-state index is 11.6. The van der Waals surface area contributed by atoms with Gasteiger partial charge in [-0.15, -0.1) is 0 Å². The van der Waals surface area contributed by atoms with E-state index in [0.717, 1.165) is 0 Å². The Balaban J connectivity index is 2.42. The Morgan fingerprint density at radius 3 is 2.70 bits per heavy atom. The second-order valence-electron chi connectivity index (χ2n) is 4.94. The average molecular weight is 300 g/mol. The van der Waals surface area contributed by atoms with Gasteiger partial charge in [-0.25, -0.2) is 9.97 Å². The molecule has 0 spiro atoms. The van der Waals surface area contributed by atoms with E-state index in [2.05, 4.69) is 15.0 Å². The summed E-state index contributed by atoms with van der Waals surface area (Å²) >= 11 is 0. The summed E-state index contributed by atoms with van der Waals surface area (Å²) in [4.78, 5) is 22.1. The van der Waals surface area contributed by atoms with Crippen LogP contribution in [0.4, 0.5) is 0 Å². The minimum absolute atomic E-state index is 0.0928. The molecule has 20 heavy (non-hydrogen) atoms. The van der Waals surface area contributed by atoms with Crippen molar-refractivity contribution in [3.05, 3.63) is 23.0 Å². The summed E-state index contributed by atoms with van der Waals surface area (Å²) in [6, 6.07) is -0.226. The van der Waals surface area contributed by atoms with Gasteiger partial charge in [0.15, 0.2) is 11.2 Å². The Kier molecular flexibility index (Phi) is 3.91. The van der Waals surface area contributed by atoms with Crippen molar-refractivity contribution in [1.82, 2.24) is 19.5 Å². The summed E-state index contributed by atoms with van der Waals surface area (Å²) in [6.07, 6.45) is 2.97. The van der Waals surface area contributed by atoms with Crippen LogP contribution in [0.25, 0.3) is 11.2 Å². The SMILES string of the molecule is CC(C)C(CCS(=O)(=O)O)n1cnc2c(=O)[nH]cnc21. The third-order valence-corrected chi connectivity index (χ3v) is 3.92. The van der Waals surface area contributed by atoms with Gasteiger partial charge in [0.25, 0.3) is 15.7 Å². The number of fused-ring (bicyclic) bond motifs is 1. The summed E-state index contributed by atoms with van der Waals surface area (Å²) < 4.78 is 32.4. The molecule has 0 bridgehead atoms. The van der Waals surface area contributed by atoms with E-state index in [9.17, 15) is 13.2 Å². The van der Waals surface area contributed by atoms with Gasteiger partial charge < -0.3 is 9.55 Å². The van der Waals surface area contributed by atoms with E-state index < -0.39 is 10.1 Å². The maximum Gasteiger partial charge on any atom is 0.278 e. The van der Waals surface area contributed by atoms with Crippen LogP contribution in [0.5, 0.6) is 0 Å². The van der Waals surface area contributed by atoms with Gasteiger partial charge in [-0.05, 0) is 12.3 Å². The molecule has 0 aliphatic heterocycles. The van der Waals surface area contributed by atoms with Crippen molar-refractivity contribution in [3.63, 3.8) is 0 Å². The molecule has 2 N–H and O–H groups in total. The van der Waals surface area contributed by atoms with Crippen LogP contribution in [-0.2, 0) is 10.1 Å². The second-order valence-corrected chi connectivity index (χ2v) is 6.51. The Morgan fingerprint density at radius 1 is 1.40 bits per heavy atom. The molecule has 0 amide bonds. The predicted molar refractivity (Wildman–Crippen MR) is 73.1 cm³/mol. The molecule has 0 fully saturated rings. The third-order valence-electron chi connectivity index (χ3n) is 3.16. The topological polar surface area (TPSA) is 118 Å². The highest BCUT2D eigenvalue weighted by Gasteiger charge is 2.21. The van der Waals surface area contributed by atoms with E-state index in [0.29, 0.717) is 5.65 Å². The Bertz CT molecular complexity index is 762. The van der Waals surface area contributed by atoms with Gasteiger partial charge in [-0.2, -0.15) is 8.42 Å². The first kappa shape index (κ1) is 14.7. The first-order valence-corrected chi connectivity index (χ1v) is 7.76. The van der Waals surface area contributed by atoms with Crippen molar-refractivity contribution in [2.75, 3.05) is 5.75 Å². The molecule has 0 radical (unpaired) electrons. The molecule has 0 saturated carbocycles. The van der Waals surface area contributed by atoms with Gasteiger partial charge >= 0.3 is 0 Å². The van der Waals surface area contributed by atoms with Crippen LogP contribution in [0.15, 0.2) is 17.4 Å². The summed E-state index contributed by atoms with van der Waals surface area (Å²) in [7, 11) is -4.03. The summed E-state index contributed by atoms with van der Waals surface area (Å²) in [5, 5.41) is 0. The van der Waals surface area contributed by atoms with Crippen molar-refractivity contribution in [2.45, 2.75) is 26.3 Å². The monoisotopic (exact) mass is 300 g/mol. The number of imidazole rings is 1. The molecular weight excluding hydrogens is 284 g/mol. The number of nitrogens with one attached hydrogen (secondary N) is 1. The van der Waals surface area contributed by atoms with E-state index in [4.69, 9.17) is 4.55 Å². The molecule has 0 aliphatic rings. The van der Waals surface area contributed by atoms with E-state index in [-0.39, 0.29) is 35.2 Å². The summed E-state index contributed by atoms with van der Waals surface area (Å²) in [6.45, 7) is 3.85. The first-order chi connectivity index (χ1) is 9.29. The molecule has 2 aromatic heterocycles. The fourth-order valence-corrected chi connectivity index (χ4v) is 2.71. The lowest BCUT2D eigenvalue weighted by Gasteiger charge is -2.22. The van der Waals surface area contributed by atoms with Crippen molar-refractivity contribution in [1.29, 1.82) is 0 Å².